The van der Waals surface area contributed by atoms with Crippen molar-refractivity contribution in [1.29, 1.82) is 0 Å². The molecule has 9 aromatic carbocycles. The Kier molecular flexibility index (Phi) is 32.7. The topological polar surface area (TPSA) is 140 Å². The smallest absolute Gasteiger partial charge is 0.254 e. The van der Waals surface area contributed by atoms with E-state index in [-0.39, 0.29) is 35.4 Å². The highest BCUT2D eigenvalue weighted by Crippen LogP contribution is 2.31. The number of benzene rings is 9. The molecule has 106 heavy (non-hydrogen) atoms. The van der Waals surface area contributed by atoms with Crippen LogP contribution in [0.5, 0.6) is 0 Å². The molecule has 13 rings (SSSR count). The highest BCUT2D eigenvalue weighted by Gasteiger charge is 2.26. The standard InChI is InChI=1S/C19H21NO.C18H19NO2.C18H21NO.C13H17NO.C12H15NO2.C12H17NO/c1-15-9-3-4-10-16(15)17-11-5-6-12-18(17)19(21)20-13-7-2-8-14-20;1-14-6-2-3-7-15(14)16-8-4-5-9-17(16)18(20)19-10-12-21-13-11-19;1-4-19(5-2)18(20)17-13-9-8-12-16(17)15-11-7-6-10-14(15)3;1-11-7-3-4-8-12(11)13(15)14-9-5-2-6-10-14;1-10-4-2-3-5-11(10)12(14)13-6-8-15-9-7-13;1-4-13(5-2)12(14)11-9-7-6-8-10(11)3/h3-6,9-12H,2,7-8,13-14H2,1H3;2-9H,10-13H2,1H3;6-13H,4-5H2,1-3H3;3-4,7-8H,2,5-6,9-10H2,1H3;2-5H,6-9H2,1H3;6-9H,4-5H2,1-3H3. The average molecular weight is 1430 g/mol. The van der Waals surface area contributed by atoms with E-state index in [4.69, 9.17) is 9.47 Å². The Labute approximate surface area is 631 Å². The summed E-state index contributed by atoms with van der Waals surface area (Å²) in [7, 11) is 0. The van der Waals surface area contributed by atoms with Gasteiger partial charge in [0.1, 0.15) is 0 Å². The van der Waals surface area contributed by atoms with Crippen LogP contribution in [0.3, 0.4) is 0 Å². The molecule has 0 N–H and O–H groups in total. The molecule has 14 heteroatoms. The van der Waals surface area contributed by atoms with Crippen LogP contribution in [0.4, 0.5) is 0 Å². The predicted octanol–water partition coefficient (Wildman–Crippen LogP) is 18.1. The van der Waals surface area contributed by atoms with Gasteiger partial charge in [-0.15, -0.1) is 0 Å². The lowest BCUT2D eigenvalue weighted by Gasteiger charge is -2.27. The number of rotatable bonds is 13. The van der Waals surface area contributed by atoms with E-state index in [2.05, 4.69) is 63.2 Å². The summed E-state index contributed by atoms with van der Waals surface area (Å²) in [6.45, 7) is 32.1. The fourth-order valence-electron chi connectivity index (χ4n) is 13.5. The molecule has 4 saturated heterocycles. The van der Waals surface area contributed by atoms with E-state index in [0.29, 0.717) is 52.6 Å². The molecule has 4 aliphatic heterocycles. The van der Waals surface area contributed by atoms with Gasteiger partial charge in [0.05, 0.1) is 26.4 Å². The molecule has 0 bridgehead atoms. The van der Waals surface area contributed by atoms with Gasteiger partial charge in [-0.05, 0) is 211 Å². The normalized spacial score (nSPS) is 13.9. The molecule has 4 aliphatic rings. The molecule has 9 aromatic rings. The maximum absolute atomic E-state index is 12.8. The van der Waals surface area contributed by atoms with E-state index >= 15 is 0 Å². The summed E-state index contributed by atoms with van der Waals surface area (Å²) in [4.78, 5) is 85.8. The fraction of sp³-hybridized carbons (Fsp3) is 0.348. The van der Waals surface area contributed by atoms with Crippen molar-refractivity contribution < 1.29 is 38.2 Å². The lowest BCUT2D eigenvalue weighted by atomic mass is 9.95. The van der Waals surface area contributed by atoms with E-state index in [9.17, 15) is 28.8 Å². The lowest BCUT2D eigenvalue weighted by molar-refractivity contribution is 0.0301. The van der Waals surface area contributed by atoms with Crippen LogP contribution < -0.4 is 0 Å². The third-order valence-electron chi connectivity index (χ3n) is 19.9. The second-order valence-electron chi connectivity index (χ2n) is 27.0. The van der Waals surface area contributed by atoms with Crippen molar-refractivity contribution in [2.24, 2.45) is 0 Å². The number of carbonyl (C=O) groups is 6. The Morgan fingerprint density at radius 3 is 0.764 bits per heavy atom. The molecule has 0 aromatic heterocycles. The SMILES string of the molecule is CCN(CC)C(=O)c1ccccc1-c1ccccc1C.CCN(CC)C(=O)c1ccccc1C.Cc1ccccc1-c1ccccc1C(=O)N1CCCCC1.Cc1ccccc1-c1ccccc1C(=O)N1CCOCC1.Cc1ccccc1C(=O)N1CCCCC1.Cc1ccccc1C(=O)N1CCOCC1. The van der Waals surface area contributed by atoms with Gasteiger partial charge in [0.15, 0.2) is 0 Å². The second kappa shape index (κ2) is 42.6. The molecule has 6 amide bonds. The van der Waals surface area contributed by atoms with Crippen molar-refractivity contribution in [3.63, 3.8) is 0 Å². The molecule has 4 fully saturated rings. The van der Waals surface area contributed by atoms with Crippen LogP contribution in [0, 0.1) is 41.5 Å². The van der Waals surface area contributed by atoms with Gasteiger partial charge in [0.25, 0.3) is 35.4 Å². The molecule has 4 heterocycles. The van der Waals surface area contributed by atoms with E-state index in [1.807, 2.05) is 254 Å². The van der Waals surface area contributed by atoms with Crippen LogP contribution in [0.25, 0.3) is 33.4 Å². The molecule has 0 radical (unpaired) electrons. The fourth-order valence-corrected chi connectivity index (χ4v) is 13.5. The van der Waals surface area contributed by atoms with Gasteiger partial charge in [0.2, 0.25) is 0 Å². The third-order valence-corrected chi connectivity index (χ3v) is 19.9. The Morgan fingerprint density at radius 2 is 0.472 bits per heavy atom. The van der Waals surface area contributed by atoms with E-state index in [1.165, 1.54) is 29.5 Å². The van der Waals surface area contributed by atoms with E-state index in [0.717, 1.165) is 161 Å². The number of morpholine rings is 2. The maximum Gasteiger partial charge on any atom is 0.254 e. The molecular weight excluding hydrogens is 1320 g/mol. The Hall–Kier alpha value is -10.3. The maximum atomic E-state index is 12.8. The first-order valence-electron chi connectivity index (χ1n) is 38.0. The number of aryl methyl sites for hydroxylation is 6. The van der Waals surface area contributed by atoms with Crippen molar-refractivity contribution in [2.75, 3.05) is 105 Å². The number of carbonyl (C=O) groups excluding carboxylic acids is 6. The minimum absolute atomic E-state index is 0.0946. The summed E-state index contributed by atoms with van der Waals surface area (Å²) in [5, 5.41) is 0. The highest BCUT2D eigenvalue weighted by molar-refractivity contribution is 6.03. The lowest BCUT2D eigenvalue weighted by Crippen LogP contribution is -2.40. The van der Waals surface area contributed by atoms with Crippen molar-refractivity contribution in [3.05, 3.63) is 285 Å². The summed E-state index contributed by atoms with van der Waals surface area (Å²) >= 11 is 0. The molecule has 0 spiro atoms. The molecule has 0 saturated carbocycles. The Morgan fingerprint density at radius 1 is 0.255 bits per heavy atom. The molecule has 14 nitrogen and oxygen atoms in total. The molecule has 556 valence electrons. The zero-order valence-corrected chi connectivity index (χ0v) is 64.3. The summed E-state index contributed by atoms with van der Waals surface area (Å²) < 4.78 is 10.5. The molecule has 0 atom stereocenters. The average Bonchev–Trinajstić information content (AvgIpc) is 0.789. The van der Waals surface area contributed by atoms with E-state index < -0.39 is 0 Å². The number of piperidine rings is 2. The van der Waals surface area contributed by atoms with Gasteiger partial charge >= 0.3 is 0 Å². The van der Waals surface area contributed by atoms with Crippen molar-refractivity contribution >= 4 is 35.4 Å². The largest absolute Gasteiger partial charge is 0.378 e. The van der Waals surface area contributed by atoms with Gasteiger partial charge < -0.3 is 38.9 Å². The van der Waals surface area contributed by atoms with Gasteiger partial charge in [-0.25, -0.2) is 0 Å². The Balaban J connectivity index is 0.000000162. The minimum atomic E-state index is 0.0946. The predicted molar refractivity (Wildman–Crippen MR) is 431 cm³/mol. The number of hydrogen-bond acceptors (Lipinski definition) is 8. The van der Waals surface area contributed by atoms with Gasteiger partial charge in [-0.3, -0.25) is 28.8 Å². The minimum Gasteiger partial charge on any atom is -0.378 e. The number of likely N-dealkylation sites (tertiary alicyclic amines) is 2. The van der Waals surface area contributed by atoms with Crippen LogP contribution in [0.2, 0.25) is 0 Å². The number of hydrogen-bond donors (Lipinski definition) is 0. The van der Waals surface area contributed by atoms with Crippen molar-refractivity contribution in [1.82, 2.24) is 29.4 Å². The summed E-state index contributed by atoms with van der Waals surface area (Å²) in [5.74, 6) is 0.830. The molecular formula is C92H110N6O8. The number of amides is 6. The number of nitrogens with zero attached hydrogens (tertiary/aromatic N) is 6. The zero-order valence-electron chi connectivity index (χ0n) is 64.3. The van der Waals surface area contributed by atoms with Crippen LogP contribution in [0.15, 0.2) is 218 Å². The van der Waals surface area contributed by atoms with Gasteiger partial charge in [-0.2, -0.15) is 0 Å². The third kappa shape index (κ3) is 22.6. The Bertz CT molecular complexity index is 4120. The summed E-state index contributed by atoms with van der Waals surface area (Å²) in [5.41, 5.74) is 18.1. The van der Waals surface area contributed by atoms with Gasteiger partial charge in [0, 0.05) is 112 Å². The van der Waals surface area contributed by atoms with Crippen LogP contribution in [-0.4, -0.2) is 170 Å². The van der Waals surface area contributed by atoms with Crippen LogP contribution in [-0.2, 0) is 9.47 Å². The first-order valence-corrected chi connectivity index (χ1v) is 38.0. The quantitative estimate of drug-likeness (QED) is 0.111. The molecule has 0 aliphatic carbocycles. The van der Waals surface area contributed by atoms with Crippen LogP contribution >= 0.6 is 0 Å². The second-order valence-corrected chi connectivity index (χ2v) is 27.0. The highest BCUT2D eigenvalue weighted by atomic mass is 16.5. The zero-order chi connectivity index (χ0) is 75.7. The first-order chi connectivity index (χ1) is 51.5. The number of ether oxygens (including phenoxy) is 2. The van der Waals surface area contributed by atoms with Gasteiger partial charge in [-0.1, -0.05) is 182 Å². The van der Waals surface area contributed by atoms with Crippen molar-refractivity contribution in [3.8, 4) is 33.4 Å². The molecule has 0 unspecified atom stereocenters. The monoisotopic (exact) mass is 1430 g/mol. The van der Waals surface area contributed by atoms with Crippen LogP contribution in [0.1, 0.15) is 162 Å². The summed E-state index contributed by atoms with van der Waals surface area (Å²) in [6, 6.07) is 71.6. The van der Waals surface area contributed by atoms with E-state index in [1.54, 1.807) is 0 Å². The summed E-state index contributed by atoms with van der Waals surface area (Å²) in [6.07, 6.45) is 7.05. The first kappa shape index (κ1) is 81.4. The van der Waals surface area contributed by atoms with Crippen molar-refractivity contribution in [2.45, 2.75) is 108 Å².